The molecule has 0 fully saturated rings. The van der Waals surface area contributed by atoms with E-state index in [-0.39, 0.29) is 0 Å². The number of methoxy groups -OCH3 is 1. The van der Waals surface area contributed by atoms with Gasteiger partial charge in [-0.1, -0.05) is 30.3 Å². The van der Waals surface area contributed by atoms with Crippen molar-refractivity contribution in [1.29, 1.82) is 0 Å². The molecule has 0 aliphatic carbocycles. The molecule has 0 aromatic heterocycles. The van der Waals surface area contributed by atoms with E-state index in [0.717, 1.165) is 32.1 Å². The van der Waals surface area contributed by atoms with Crippen molar-refractivity contribution in [2.24, 2.45) is 4.99 Å². The Labute approximate surface area is 146 Å². The molecular formula is C18H32N4O2. The van der Waals surface area contributed by atoms with Crippen LogP contribution >= 0.6 is 0 Å². The Morgan fingerprint density at radius 1 is 1.12 bits per heavy atom. The van der Waals surface area contributed by atoms with Crippen LogP contribution < -0.4 is 10.6 Å². The number of aliphatic imine (C=N–C) groups is 1. The summed E-state index contributed by atoms with van der Waals surface area (Å²) in [5.41, 5.74) is 1.29. The van der Waals surface area contributed by atoms with E-state index in [4.69, 9.17) is 9.47 Å². The fourth-order valence-corrected chi connectivity index (χ4v) is 2.31. The molecule has 0 spiro atoms. The highest BCUT2D eigenvalue weighted by Gasteiger charge is 2.14. The van der Waals surface area contributed by atoms with Gasteiger partial charge >= 0.3 is 0 Å². The highest BCUT2D eigenvalue weighted by atomic mass is 16.5. The molecule has 0 bridgehead atoms. The molecule has 0 aliphatic rings. The summed E-state index contributed by atoms with van der Waals surface area (Å²) in [4.78, 5) is 6.48. The zero-order valence-corrected chi connectivity index (χ0v) is 15.4. The van der Waals surface area contributed by atoms with Crippen LogP contribution in [0.4, 0.5) is 0 Å². The lowest BCUT2D eigenvalue weighted by Crippen LogP contribution is -2.42. The summed E-state index contributed by atoms with van der Waals surface area (Å²) >= 11 is 0. The standard InChI is InChI=1S/C18H32N4O2/c1-19-18(20-11-8-12-24-14-13-23-4)21-15-17(22(2)3)16-9-6-5-7-10-16/h5-7,9-10,17H,8,11-15H2,1-4H3,(H2,19,20,21). The van der Waals surface area contributed by atoms with Gasteiger partial charge in [0.2, 0.25) is 0 Å². The lowest BCUT2D eigenvalue weighted by atomic mass is 10.1. The number of hydrogen-bond donors (Lipinski definition) is 2. The third-order valence-corrected chi connectivity index (χ3v) is 3.68. The minimum Gasteiger partial charge on any atom is -0.382 e. The van der Waals surface area contributed by atoms with Gasteiger partial charge in [0, 0.05) is 33.9 Å². The van der Waals surface area contributed by atoms with Crippen LogP contribution in [0.1, 0.15) is 18.0 Å². The van der Waals surface area contributed by atoms with Gasteiger partial charge in [0.25, 0.3) is 0 Å². The number of likely N-dealkylation sites (N-methyl/N-ethyl adjacent to an activating group) is 1. The van der Waals surface area contributed by atoms with Gasteiger partial charge in [-0.15, -0.1) is 0 Å². The molecule has 0 saturated heterocycles. The van der Waals surface area contributed by atoms with Crippen LogP contribution in [0.25, 0.3) is 0 Å². The molecule has 0 radical (unpaired) electrons. The van der Waals surface area contributed by atoms with Crippen molar-refractivity contribution in [2.75, 3.05) is 61.2 Å². The third-order valence-electron chi connectivity index (χ3n) is 3.68. The number of guanidine groups is 1. The normalized spacial score (nSPS) is 13.1. The maximum absolute atomic E-state index is 5.45. The summed E-state index contributed by atoms with van der Waals surface area (Å²) in [6.07, 6.45) is 0.931. The molecule has 1 unspecified atom stereocenters. The maximum atomic E-state index is 5.45. The molecule has 6 nitrogen and oxygen atoms in total. The summed E-state index contributed by atoms with van der Waals surface area (Å²) in [5, 5.41) is 6.71. The van der Waals surface area contributed by atoms with Crippen molar-refractivity contribution < 1.29 is 9.47 Å². The smallest absolute Gasteiger partial charge is 0.191 e. The second-order valence-electron chi connectivity index (χ2n) is 5.73. The Bertz CT molecular complexity index is 452. The lowest BCUT2D eigenvalue weighted by Gasteiger charge is -2.26. The van der Waals surface area contributed by atoms with Gasteiger partial charge in [0.05, 0.1) is 19.3 Å². The molecular weight excluding hydrogens is 304 g/mol. The van der Waals surface area contributed by atoms with Crippen molar-refractivity contribution in [3.63, 3.8) is 0 Å². The largest absolute Gasteiger partial charge is 0.382 e. The number of rotatable bonds is 11. The first-order chi connectivity index (χ1) is 11.7. The Balaban J connectivity index is 2.31. The Kier molecular flexibility index (Phi) is 10.8. The topological polar surface area (TPSA) is 58.1 Å². The molecule has 2 N–H and O–H groups in total. The van der Waals surface area contributed by atoms with Gasteiger partial charge in [-0.3, -0.25) is 4.99 Å². The van der Waals surface area contributed by atoms with E-state index in [1.807, 2.05) is 6.07 Å². The van der Waals surface area contributed by atoms with Gasteiger partial charge in [-0.25, -0.2) is 0 Å². The molecule has 24 heavy (non-hydrogen) atoms. The minimum absolute atomic E-state index is 0.294. The maximum Gasteiger partial charge on any atom is 0.191 e. The second kappa shape index (κ2) is 12.8. The SMILES string of the molecule is CN=C(NCCCOCCOC)NCC(c1ccccc1)N(C)C. The van der Waals surface area contributed by atoms with E-state index in [2.05, 4.69) is 58.9 Å². The Morgan fingerprint density at radius 2 is 1.88 bits per heavy atom. The van der Waals surface area contributed by atoms with Crippen LogP contribution in [0.15, 0.2) is 35.3 Å². The minimum atomic E-state index is 0.294. The zero-order valence-electron chi connectivity index (χ0n) is 15.4. The first-order valence-corrected chi connectivity index (χ1v) is 8.41. The van der Waals surface area contributed by atoms with Gasteiger partial charge in [-0.05, 0) is 26.1 Å². The predicted octanol–water partition coefficient (Wildman–Crippen LogP) is 1.51. The molecule has 1 aromatic carbocycles. The van der Waals surface area contributed by atoms with Gasteiger partial charge in [0.15, 0.2) is 5.96 Å². The third kappa shape index (κ3) is 8.29. The van der Waals surface area contributed by atoms with E-state index in [1.165, 1.54) is 5.56 Å². The lowest BCUT2D eigenvalue weighted by molar-refractivity contribution is 0.0698. The van der Waals surface area contributed by atoms with Crippen LogP contribution in [-0.2, 0) is 9.47 Å². The number of benzene rings is 1. The van der Waals surface area contributed by atoms with Gasteiger partial charge < -0.3 is 25.0 Å². The van der Waals surface area contributed by atoms with Crippen molar-refractivity contribution in [3.8, 4) is 0 Å². The summed E-state index contributed by atoms with van der Waals surface area (Å²) in [6.45, 7) is 3.62. The zero-order chi connectivity index (χ0) is 17.6. The van der Waals surface area contributed by atoms with Crippen LogP contribution in [0, 0.1) is 0 Å². The summed E-state index contributed by atoms with van der Waals surface area (Å²) < 4.78 is 10.4. The van der Waals surface area contributed by atoms with E-state index in [1.54, 1.807) is 14.2 Å². The van der Waals surface area contributed by atoms with Crippen LogP contribution in [0.3, 0.4) is 0 Å². The van der Waals surface area contributed by atoms with E-state index >= 15 is 0 Å². The van der Waals surface area contributed by atoms with Gasteiger partial charge in [0.1, 0.15) is 0 Å². The fraction of sp³-hybridized carbons (Fsp3) is 0.611. The van der Waals surface area contributed by atoms with Crippen LogP contribution in [-0.4, -0.2) is 72.0 Å². The summed E-state index contributed by atoms with van der Waals surface area (Å²) in [5.74, 6) is 0.815. The molecule has 6 heteroatoms. The molecule has 1 atom stereocenters. The molecule has 0 aliphatic heterocycles. The average Bonchev–Trinajstić information content (AvgIpc) is 2.60. The second-order valence-corrected chi connectivity index (χ2v) is 5.73. The monoisotopic (exact) mass is 336 g/mol. The van der Waals surface area contributed by atoms with E-state index < -0.39 is 0 Å². The number of nitrogens with zero attached hydrogens (tertiary/aromatic N) is 2. The summed E-state index contributed by atoms with van der Waals surface area (Å²) in [7, 11) is 7.65. The molecule has 1 rings (SSSR count). The first kappa shape index (κ1) is 20.4. The van der Waals surface area contributed by atoms with Crippen molar-refractivity contribution in [3.05, 3.63) is 35.9 Å². The van der Waals surface area contributed by atoms with Gasteiger partial charge in [-0.2, -0.15) is 0 Å². The van der Waals surface area contributed by atoms with E-state index in [9.17, 15) is 0 Å². The fourth-order valence-electron chi connectivity index (χ4n) is 2.31. The van der Waals surface area contributed by atoms with Crippen molar-refractivity contribution >= 4 is 5.96 Å². The van der Waals surface area contributed by atoms with Crippen LogP contribution in [0.2, 0.25) is 0 Å². The summed E-state index contributed by atoms with van der Waals surface area (Å²) in [6, 6.07) is 10.8. The van der Waals surface area contributed by atoms with Crippen molar-refractivity contribution in [2.45, 2.75) is 12.5 Å². The average molecular weight is 336 g/mol. The quantitative estimate of drug-likeness (QED) is 0.364. The molecule has 0 heterocycles. The highest BCUT2D eigenvalue weighted by molar-refractivity contribution is 5.79. The first-order valence-electron chi connectivity index (χ1n) is 8.41. The molecule has 0 amide bonds. The molecule has 0 saturated carbocycles. The van der Waals surface area contributed by atoms with Crippen molar-refractivity contribution in [1.82, 2.24) is 15.5 Å². The number of hydrogen-bond acceptors (Lipinski definition) is 4. The van der Waals surface area contributed by atoms with E-state index in [0.29, 0.717) is 19.3 Å². The molecule has 1 aromatic rings. The van der Waals surface area contributed by atoms with Crippen LogP contribution in [0.5, 0.6) is 0 Å². The highest BCUT2D eigenvalue weighted by Crippen LogP contribution is 2.16. The number of nitrogens with one attached hydrogen (secondary N) is 2. The Morgan fingerprint density at radius 3 is 2.50 bits per heavy atom. The predicted molar refractivity (Wildman–Crippen MR) is 99.5 cm³/mol. The number of ether oxygens (including phenoxy) is 2. The Hall–Kier alpha value is -1.63. The molecule has 136 valence electrons.